The molecule has 0 N–H and O–H groups in total. The number of allylic oxidation sites excluding steroid dienone is 20. The van der Waals surface area contributed by atoms with E-state index >= 15 is 0 Å². The van der Waals surface area contributed by atoms with Crippen molar-refractivity contribution in [3.63, 3.8) is 0 Å². The van der Waals surface area contributed by atoms with Crippen LogP contribution in [0.4, 0.5) is 0 Å². The number of unbranched alkanes of at least 4 members (excludes halogenated alkanes) is 20. The van der Waals surface area contributed by atoms with Crippen LogP contribution in [0.15, 0.2) is 122 Å². The minimum atomic E-state index is -0.793. The Balaban J connectivity index is 4.34. The summed E-state index contributed by atoms with van der Waals surface area (Å²) in [6.45, 7) is 6.37. The summed E-state index contributed by atoms with van der Waals surface area (Å²) in [5, 5.41) is 0. The van der Waals surface area contributed by atoms with Crippen molar-refractivity contribution in [1.29, 1.82) is 0 Å². The monoisotopic (exact) mass is 983 g/mol. The van der Waals surface area contributed by atoms with Gasteiger partial charge in [-0.3, -0.25) is 14.4 Å². The van der Waals surface area contributed by atoms with Crippen LogP contribution in [0.3, 0.4) is 0 Å². The van der Waals surface area contributed by atoms with Gasteiger partial charge in [-0.2, -0.15) is 0 Å². The molecule has 0 radical (unpaired) electrons. The molecule has 0 aliphatic carbocycles. The van der Waals surface area contributed by atoms with Crippen molar-refractivity contribution in [2.24, 2.45) is 0 Å². The second kappa shape index (κ2) is 58.4. The van der Waals surface area contributed by atoms with E-state index in [-0.39, 0.29) is 31.1 Å². The highest BCUT2D eigenvalue weighted by Gasteiger charge is 2.19. The molecule has 0 heterocycles. The third kappa shape index (κ3) is 56.6. The molecule has 0 aromatic carbocycles. The predicted molar refractivity (Wildman–Crippen MR) is 306 cm³/mol. The third-order valence-corrected chi connectivity index (χ3v) is 12.0. The summed E-state index contributed by atoms with van der Waals surface area (Å²) in [4.78, 5) is 38.1. The topological polar surface area (TPSA) is 78.9 Å². The van der Waals surface area contributed by atoms with Gasteiger partial charge in [-0.15, -0.1) is 0 Å². The summed E-state index contributed by atoms with van der Waals surface area (Å²) >= 11 is 0. The second-order valence-electron chi connectivity index (χ2n) is 18.8. The van der Waals surface area contributed by atoms with Gasteiger partial charge < -0.3 is 14.2 Å². The first-order chi connectivity index (χ1) is 35.0. The Bertz CT molecular complexity index is 1500. The zero-order valence-corrected chi connectivity index (χ0v) is 45.9. The van der Waals surface area contributed by atoms with E-state index in [2.05, 4.69) is 142 Å². The first-order valence-electron chi connectivity index (χ1n) is 29.0. The number of hydrogen-bond donors (Lipinski definition) is 0. The number of esters is 3. The van der Waals surface area contributed by atoms with Crippen LogP contribution in [-0.4, -0.2) is 37.2 Å². The SMILES string of the molecule is CC/C=C\C/C=C\C/C=C\C/C=C\C/C=C\C/C=C\CCCCCCCCC(=O)OCC(COC(=O)CCCCCCCCCCC)OC(=O)CCCCCCCC/C=C\C/C=C\C/C=C\C/C=C\CC. The van der Waals surface area contributed by atoms with Gasteiger partial charge in [0, 0.05) is 19.3 Å². The van der Waals surface area contributed by atoms with E-state index in [0.717, 1.165) is 148 Å². The molecule has 0 spiro atoms. The van der Waals surface area contributed by atoms with E-state index in [1.807, 2.05) is 0 Å². The molecule has 402 valence electrons. The van der Waals surface area contributed by atoms with E-state index in [9.17, 15) is 14.4 Å². The van der Waals surface area contributed by atoms with Crippen LogP contribution < -0.4 is 0 Å². The van der Waals surface area contributed by atoms with Gasteiger partial charge in [0.15, 0.2) is 6.10 Å². The maximum absolute atomic E-state index is 12.8. The zero-order valence-electron chi connectivity index (χ0n) is 45.9. The van der Waals surface area contributed by atoms with Gasteiger partial charge in [0.05, 0.1) is 0 Å². The lowest BCUT2D eigenvalue weighted by Gasteiger charge is -2.18. The molecule has 0 aromatic heterocycles. The fourth-order valence-electron chi connectivity index (χ4n) is 7.67. The van der Waals surface area contributed by atoms with Crippen molar-refractivity contribution in [2.75, 3.05) is 13.2 Å². The van der Waals surface area contributed by atoms with Crippen molar-refractivity contribution in [2.45, 2.75) is 258 Å². The average Bonchev–Trinajstić information content (AvgIpc) is 3.37. The summed E-state index contributed by atoms with van der Waals surface area (Å²) in [5.41, 5.74) is 0. The molecule has 6 nitrogen and oxygen atoms in total. The summed E-state index contributed by atoms with van der Waals surface area (Å²) in [5.74, 6) is -0.924. The number of rotatable bonds is 51. The number of ether oxygens (including phenoxy) is 3. The van der Waals surface area contributed by atoms with E-state index in [1.54, 1.807) is 0 Å². The Kier molecular flexibility index (Phi) is 54.9. The lowest BCUT2D eigenvalue weighted by atomic mass is 10.1. The molecule has 0 saturated heterocycles. The van der Waals surface area contributed by atoms with Gasteiger partial charge in [0.2, 0.25) is 0 Å². The normalized spacial score (nSPS) is 13.0. The van der Waals surface area contributed by atoms with Gasteiger partial charge in [-0.1, -0.05) is 245 Å². The van der Waals surface area contributed by atoms with Crippen LogP contribution in [0, 0.1) is 0 Å². The Morgan fingerprint density at radius 3 is 0.859 bits per heavy atom. The van der Waals surface area contributed by atoms with E-state index < -0.39 is 6.10 Å². The number of carbonyl (C=O) groups excluding carboxylic acids is 3. The first kappa shape index (κ1) is 66.8. The molecule has 0 amide bonds. The average molecular weight is 984 g/mol. The lowest BCUT2D eigenvalue weighted by molar-refractivity contribution is -0.167. The molecule has 0 aromatic rings. The minimum absolute atomic E-state index is 0.0901. The molecule has 0 aliphatic rings. The minimum Gasteiger partial charge on any atom is -0.462 e. The largest absolute Gasteiger partial charge is 0.462 e. The summed E-state index contributed by atoms with van der Waals surface area (Å²) < 4.78 is 16.8. The highest BCUT2D eigenvalue weighted by atomic mass is 16.6. The van der Waals surface area contributed by atoms with Gasteiger partial charge in [0.25, 0.3) is 0 Å². The number of hydrogen-bond acceptors (Lipinski definition) is 6. The quantitative estimate of drug-likeness (QED) is 0.0261. The maximum atomic E-state index is 12.8. The van der Waals surface area contributed by atoms with E-state index in [1.165, 1.54) is 64.2 Å². The second-order valence-corrected chi connectivity index (χ2v) is 18.8. The molecule has 1 unspecified atom stereocenters. The fourth-order valence-corrected chi connectivity index (χ4v) is 7.67. The van der Waals surface area contributed by atoms with Crippen molar-refractivity contribution in [3.8, 4) is 0 Å². The zero-order chi connectivity index (χ0) is 51.4. The van der Waals surface area contributed by atoms with Crippen LogP contribution >= 0.6 is 0 Å². The Hall–Kier alpha value is -4.19. The Morgan fingerprint density at radius 1 is 0.296 bits per heavy atom. The van der Waals surface area contributed by atoms with Crippen LogP contribution in [0.2, 0.25) is 0 Å². The molecule has 0 saturated carbocycles. The molecule has 1 atom stereocenters. The van der Waals surface area contributed by atoms with E-state index in [4.69, 9.17) is 14.2 Å². The van der Waals surface area contributed by atoms with Gasteiger partial charge >= 0.3 is 17.9 Å². The summed E-state index contributed by atoms with van der Waals surface area (Å²) in [7, 11) is 0. The van der Waals surface area contributed by atoms with Crippen LogP contribution in [0.5, 0.6) is 0 Å². The molecule has 0 rings (SSSR count). The molecular weight excluding hydrogens is 877 g/mol. The molecule has 0 bridgehead atoms. The van der Waals surface area contributed by atoms with E-state index in [0.29, 0.717) is 19.3 Å². The fraction of sp³-hybridized carbons (Fsp3) is 0.646. The van der Waals surface area contributed by atoms with Crippen LogP contribution in [0.25, 0.3) is 0 Å². The molecule has 0 aliphatic heterocycles. The Labute approximate surface area is 437 Å². The third-order valence-electron chi connectivity index (χ3n) is 12.0. The van der Waals surface area contributed by atoms with Gasteiger partial charge in [-0.05, 0) is 109 Å². The summed E-state index contributed by atoms with van der Waals surface area (Å²) in [6.07, 6.45) is 80.5. The highest BCUT2D eigenvalue weighted by molar-refractivity contribution is 5.71. The lowest BCUT2D eigenvalue weighted by Crippen LogP contribution is -2.30. The van der Waals surface area contributed by atoms with Crippen LogP contribution in [-0.2, 0) is 28.6 Å². The highest BCUT2D eigenvalue weighted by Crippen LogP contribution is 2.14. The molecule has 0 fully saturated rings. The predicted octanol–water partition coefficient (Wildman–Crippen LogP) is 19.6. The smallest absolute Gasteiger partial charge is 0.306 e. The van der Waals surface area contributed by atoms with Crippen molar-refractivity contribution in [1.82, 2.24) is 0 Å². The van der Waals surface area contributed by atoms with Gasteiger partial charge in [0.1, 0.15) is 13.2 Å². The molecular formula is C65H106O6. The molecule has 71 heavy (non-hydrogen) atoms. The standard InChI is InChI=1S/C65H106O6/c1-4-7-10-13-16-19-21-23-25-27-29-30-31-32-33-34-36-37-39-41-43-46-49-52-55-58-64(67)70-61-62(60-69-63(66)57-54-51-48-45-18-15-12-9-6-3)71-65(68)59-56-53-50-47-44-42-40-38-35-28-26-24-22-20-17-14-11-8-5-2/h7-8,10-11,16-17,19-20,23-26,29-30,32-33,35-38,62H,4-6,9,12-15,18,21-22,27-28,31,34,39-61H2,1-3H3/b10-7-,11-8-,19-16-,20-17-,25-23-,26-24-,30-29-,33-32-,37-36-,38-35-. The van der Waals surface area contributed by atoms with Crippen LogP contribution in [0.1, 0.15) is 252 Å². The van der Waals surface area contributed by atoms with Gasteiger partial charge in [-0.25, -0.2) is 0 Å². The Morgan fingerprint density at radius 2 is 0.549 bits per heavy atom. The first-order valence-corrected chi connectivity index (χ1v) is 29.0. The van der Waals surface area contributed by atoms with Crippen molar-refractivity contribution < 1.29 is 28.6 Å². The summed E-state index contributed by atoms with van der Waals surface area (Å²) in [6, 6.07) is 0. The number of carbonyl (C=O) groups is 3. The van der Waals surface area contributed by atoms with Crippen molar-refractivity contribution >= 4 is 17.9 Å². The maximum Gasteiger partial charge on any atom is 0.306 e. The van der Waals surface area contributed by atoms with Crippen molar-refractivity contribution in [3.05, 3.63) is 122 Å². The molecule has 6 heteroatoms.